The highest BCUT2D eigenvalue weighted by Crippen LogP contribution is 1.63. The average Bonchev–Trinajstić information content (AvgIpc) is 1.61. The van der Waals surface area contributed by atoms with Crippen LogP contribution in [0.2, 0.25) is 0 Å². The third-order valence-electron chi connectivity index (χ3n) is 0.282. The molecule has 0 saturated carbocycles. The van der Waals surface area contributed by atoms with Crippen molar-refractivity contribution in [2.45, 2.75) is 0 Å². The number of carbonyl (C=O) groups is 1. The molecule has 0 unspecified atom stereocenters. The summed E-state index contributed by atoms with van der Waals surface area (Å²) in [5, 5.41) is 0. The van der Waals surface area contributed by atoms with Gasteiger partial charge in [-0.25, -0.2) is 0 Å². The maximum absolute atomic E-state index is 9.39. The lowest BCUT2D eigenvalue weighted by Gasteiger charge is -1.83. The van der Waals surface area contributed by atoms with Crippen molar-refractivity contribution in [3.63, 3.8) is 0 Å². The number of ether oxygens (including phenoxy) is 1. The first kappa shape index (κ1) is 5.21. The van der Waals surface area contributed by atoms with E-state index in [1.807, 2.05) is 0 Å². The van der Waals surface area contributed by atoms with E-state index < -0.39 is 0 Å². The minimum Gasteiger partial charge on any atom is -0.494 e. The Morgan fingerprint density at radius 2 is 2.50 bits per heavy atom. The molecule has 0 saturated heterocycles. The van der Waals surface area contributed by atoms with E-state index in [-0.39, 0.29) is 6.61 Å². The summed E-state index contributed by atoms with van der Waals surface area (Å²) in [6.07, 6.45) is 1.90. The fourth-order valence-electron chi connectivity index (χ4n) is 0.107. The van der Waals surface area contributed by atoms with E-state index >= 15 is 0 Å². The third kappa shape index (κ3) is 3.21. The molecule has 0 aromatic rings. The SMILES string of the molecule is C=COCC=O. The van der Waals surface area contributed by atoms with Crippen molar-refractivity contribution < 1.29 is 9.53 Å². The van der Waals surface area contributed by atoms with Crippen molar-refractivity contribution in [2.24, 2.45) is 0 Å². The summed E-state index contributed by atoms with van der Waals surface area (Å²) in [6, 6.07) is 0. The van der Waals surface area contributed by atoms with Crippen molar-refractivity contribution in [1.29, 1.82) is 0 Å². The van der Waals surface area contributed by atoms with E-state index in [9.17, 15) is 4.79 Å². The lowest BCUT2D eigenvalue weighted by atomic mass is 10.8. The Morgan fingerprint density at radius 1 is 1.83 bits per heavy atom. The average molecular weight is 86.1 g/mol. The van der Waals surface area contributed by atoms with Crippen molar-refractivity contribution in [2.75, 3.05) is 6.61 Å². The van der Waals surface area contributed by atoms with Crippen LogP contribution < -0.4 is 0 Å². The maximum Gasteiger partial charge on any atom is 0.157 e. The molecule has 0 amide bonds. The van der Waals surface area contributed by atoms with Crippen molar-refractivity contribution in [1.82, 2.24) is 0 Å². The van der Waals surface area contributed by atoms with Gasteiger partial charge in [-0.3, -0.25) is 4.79 Å². The topological polar surface area (TPSA) is 26.3 Å². The second-order valence-electron chi connectivity index (χ2n) is 0.667. The fraction of sp³-hybridized carbons (Fsp3) is 0.250. The molecule has 0 rings (SSSR count). The van der Waals surface area contributed by atoms with Crippen LogP contribution in [-0.2, 0) is 9.53 Å². The summed E-state index contributed by atoms with van der Waals surface area (Å²) in [4.78, 5) is 9.39. The second kappa shape index (κ2) is 4.21. The molecule has 0 aliphatic heterocycles. The Bertz CT molecular complexity index is 41.5. The molecule has 0 spiro atoms. The van der Waals surface area contributed by atoms with Gasteiger partial charge >= 0.3 is 0 Å². The first-order valence-electron chi connectivity index (χ1n) is 1.58. The zero-order chi connectivity index (χ0) is 4.83. The molecule has 0 heterocycles. The second-order valence-corrected chi connectivity index (χ2v) is 0.667. The smallest absolute Gasteiger partial charge is 0.157 e. The van der Waals surface area contributed by atoms with Crippen molar-refractivity contribution in [3.8, 4) is 0 Å². The standard InChI is InChI=1S/C4H6O2/c1-2-6-4-3-5/h2-3H,1,4H2. The quantitative estimate of drug-likeness (QED) is 0.281. The van der Waals surface area contributed by atoms with Gasteiger partial charge < -0.3 is 4.74 Å². The predicted octanol–water partition coefficient (Wildman–Crippen LogP) is 0.345. The molecule has 0 aromatic heterocycles. The number of aldehydes is 1. The van der Waals surface area contributed by atoms with E-state index in [0.717, 1.165) is 0 Å². The Balaban J connectivity index is 2.66. The van der Waals surface area contributed by atoms with Crippen LogP contribution in [0.25, 0.3) is 0 Å². The highest BCUT2D eigenvalue weighted by Gasteiger charge is 1.67. The number of rotatable bonds is 3. The van der Waals surface area contributed by atoms with Gasteiger partial charge in [0.25, 0.3) is 0 Å². The van der Waals surface area contributed by atoms with Gasteiger partial charge in [0, 0.05) is 0 Å². The molecule has 0 N–H and O–H groups in total. The molecule has 34 valence electrons. The van der Waals surface area contributed by atoms with E-state index in [2.05, 4.69) is 11.3 Å². The highest BCUT2D eigenvalue weighted by molar-refractivity contribution is 5.50. The molecular formula is C4H6O2. The molecule has 2 heteroatoms. The number of carbonyl (C=O) groups excluding carboxylic acids is 1. The molecule has 6 heavy (non-hydrogen) atoms. The summed E-state index contributed by atoms with van der Waals surface area (Å²) < 4.78 is 4.38. The van der Waals surface area contributed by atoms with Crippen LogP contribution in [0.4, 0.5) is 0 Å². The Labute approximate surface area is 36.4 Å². The van der Waals surface area contributed by atoms with Crippen LogP contribution in [-0.4, -0.2) is 12.9 Å². The third-order valence-corrected chi connectivity index (χ3v) is 0.282. The van der Waals surface area contributed by atoms with Gasteiger partial charge in [0.05, 0.1) is 6.26 Å². The highest BCUT2D eigenvalue weighted by atomic mass is 16.5. The molecule has 0 aromatic carbocycles. The number of hydrogen-bond donors (Lipinski definition) is 0. The van der Waals surface area contributed by atoms with E-state index in [1.165, 1.54) is 6.26 Å². The monoisotopic (exact) mass is 86.0 g/mol. The van der Waals surface area contributed by atoms with Crippen molar-refractivity contribution >= 4 is 6.29 Å². The van der Waals surface area contributed by atoms with Crippen LogP contribution in [0.5, 0.6) is 0 Å². The zero-order valence-corrected chi connectivity index (χ0v) is 3.39. The molecule has 0 radical (unpaired) electrons. The van der Waals surface area contributed by atoms with E-state index in [4.69, 9.17) is 0 Å². The lowest BCUT2D eigenvalue weighted by molar-refractivity contribution is -0.110. The normalized spacial score (nSPS) is 6.67. The first-order valence-corrected chi connectivity index (χ1v) is 1.58. The minimum atomic E-state index is 0.115. The fourth-order valence-corrected chi connectivity index (χ4v) is 0.107. The van der Waals surface area contributed by atoms with Crippen molar-refractivity contribution in [3.05, 3.63) is 12.8 Å². The van der Waals surface area contributed by atoms with Crippen LogP contribution in [0, 0.1) is 0 Å². The molecular weight excluding hydrogens is 80.0 g/mol. The zero-order valence-electron chi connectivity index (χ0n) is 3.39. The molecule has 0 fully saturated rings. The van der Waals surface area contributed by atoms with Gasteiger partial charge in [-0.15, -0.1) is 0 Å². The molecule has 0 aliphatic rings. The van der Waals surface area contributed by atoms with E-state index in [1.54, 1.807) is 0 Å². The summed E-state index contributed by atoms with van der Waals surface area (Å²) in [6.45, 7) is 3.33. The summed E-state index contributed by atoms with van der Waals surface area (Å²) in [7, 11) is 0. The maximum atomic E-state index is 9.39. The molecule has 0 atom stereocenters. The Hall–Kier alpha value is -0.790. The Kier molecular flexibility index (Phi) is 3.66. The van der Waals surface area contributed by atoms with Gasteiger partial charge in [-0.05, 0) is 0 Å². The Morgan fingerprint density at radius 3 is 2.67 bits per heavy atom. The first-order chi connectivity index (χ1) is 2.91. The van der Waals surface area contributed by atoms with E-state index in [0.29, 0.717) is 6.29 Å². The van der Waals surface area contributed by atoms with Gasteiger partial charge in [-0.1, -0.05) is 6.58 Å². The summed E-state index contributed by atoms with van der Waals surface area (Å²) >= 11 is 0. The van der Waals surface area contributed by atoms with Gasteiger partial charge in [0.1, 0.15) is 6.61 Å². The largest absolute Gasteiger partial charge is 0.494 e. The van der Waals surface area contributed by atoms with Gasteiger partial charge in [0.2, 0.25) is 0 Å². The van der Waals surface area contributed by atoms with Crippen LogP contribution >= 0.6 is 0 Å². The predicted molar refractivity (Wildman–Crippen MR) is 22.2 cm³/mol. The molecule has 0 bridgehead atoms. The molecule has 2 nitrogen and oxygen atoms in total. The van der Waals surface area contributed by atoms with Crippen LogP contribution in [0.15, 0.2) is 12.8 Å². The van der Waals surface area contributed by atoms with Gasteiger partial charge in [-0.2, -0.15) is 0 Å². The van der Waals surface area contributed by atoms with Gasteiger partial charge in [0.15, 0.2) is 6.29 Å². The lowest BCUT2D eigenvalue weighted by Crippen LogP contribution is -1.83. The minimum absolute atomic E-state index is 0.115. The molecule has 0 aliphatic carbocycles. The van der Waals surface area contributed by atoms with Crippen LogP contribution in [0.3, 0.4) is 0 Å². The summed E-state index contributed by atoms with van der Waals surface area (Å²) in [5.41, 5.74) is 0. The van der Waals surface area contributed by atoms with Crippen LogP contribution in [0.1, 0.15) is 0 Å². The summed E-state index contributed by atoms with van der Waals surface area (Å²) in [5.74, 6) is 0. The number of hydrogen-bond acceptors (Lipinski definition) is 2.